The second-order valence-corrected chi connectivity index (χ2v) is 10.6. The van der Waals surface area contributed by atoms with Gasteiger partial charge in [-0.15, -0.1) is 0 Å². The summed E-state index contributed by atoms with van der Waals surface area (Å²) < 4.78 is 53.4. The summed E-state index contributed by atoms with van der Waals surface area (Å²) in [7, 11) is -17.6. The van der Waals surface area contributed by atoms with Crippen LogP contribution in [0, 0.1) is 0 Å². The van der Waals surface area contributed by atoms with Crippen molar-refractivity contribution in [2.24, 2.45) is 0 Å². The van der Waals surface area contributed by atoms with Crippen LogP contribution in [-0.4, -0.2) is 68.5 Å². The van der Waals surface area contributed by atoms with E-state index < -0.39 is 61.8 Å². The molecule has 26 heteroatoms. The van der Waals surface area contributed by atoms with Crippen molar-refractivity contribution in [3.8, 4) is 0 Å². The van der Waals surface area contributed by atoms with Crippen LogP contribution in [0.3, 0.4) is 0 Å². The van der Waals surface area contributed by atoms with Gasteiger partial charge >= 0.3 is 118 Å². The molecule has 0 amide bonds. The number of thioether (sulfide) groups is 1. The maximum Gasteiger partial charge on any atom is 1.00 e. The third kappa shape index (κ3) is 11.6. The van der Waals surface area contributed by atoms with E-state index in [0.29, 0.717) is 5.16 Å². The number of hydrogen-bond donors (Lipinski definition) is 3. The van der Waals surface area contributed by atoms with E-state index in [1.807, 2.05) is 0 Å². The van der Waals surface area contributed by atoms with E-state index in [9.17, 15) is 38.6 Å². The number of nitrogens with two attached hydrogens (primary N) is 1. The molecule has 37 heavy (non-hydrogen) atoms. The van der Waals surface area contributed by atoms with Crippen LogP contribution < -0.4 is 139 Å². The Balaban J connectivity index is 0. The number of nitrogens with zero attached hydrogens (tertiary/aromatic N) is 4. The van der Waals surface area contributed by atoms with Gasteiger partial charge in [0.15, 0.2) is 30.3 Å². The summed E-state index contributed by atoms with van der Waals surface area (Å²) in [5.41, 5.74) is 6.28. The summed E-state index contributed by atoms with van der Waals surface area (Å²) in [5.74, 6) is 0.0824. The van der Waals surface area contributed by atoms with Crippen molar-refractivity contribution in [3.63, 3.8) is 0 Å². The first-order chi connectivity index (χ1) is 15.1. The summed E-state index contributed by atoms with van der Waals surface area (Å²) in [6.45, 7) is -0.707. The van der Waals surface area contributed by atoms with Gasteiger partial charge in [0.05, 0.1) is 28.3 Å². The van der Waals surface area contributed by atoms with Crippen molar-refractivity contribution in [1.29, 1.82) is 0 Å². The summed E-state index contributed by atoms with van der Waals surface area (Å²) in [6, 6.07) is 0. The predicted molar refractivity (Wildman–Crippen MR) is 108 cm³/mol. The van der Waals surface area contributed by atoms with Crippen LogP contribution in [-0.2, 0) is 31.6 Å². The molecule has 1 saturated heterocycles. The minimum atomic E-state index is -5.97. The Morgan fingerprint density at radius 1 is 1.14 bits per heavy atom. The third-order valence-electron chi connectivity index (χ3n) is 3.93. The van der Waals surface area contributed by atoms with Gasteiger partial charge in [-0.25, -0.2) is 15.0 Å². The zero-order valence-corrected chi connectivity index (χ0v) is 31.2. The quantitative estimate of drug-likeness (QED) is 0.0995. The SMILES string of the molecule is [BH3-][P@@](=O)(OC[C@H]1O[C@@H](n2cnc3c(N)nc(SC)nc32)[C@H](O)[C@@H]1O)OP(=O)([O-])OP(=O)([O-])[O-].[Na+].[Na+].[Na+].[Na+]. The van der Waals surface area contributed by atoms with Crippen molar-refractivity contribution in [1.82, 2.24) is 19.5 Å². The normalized spacial score (nSPS) is 24.5. The van der Waals surface area contributed by atoms with Crippen molar-refractivity contribution >= 4 is 59.4 Å². The van der Waals surface area contributed by atoms with Gasteiger partial charge < -0.3 is 49.0 Å². The number of hydrogen-bond acceptors (Lipinski definition) is 17. The molecule has 0 aliphatic carbocycles. The molecule has 0 bridgehead atoms. The first-order valence-electron chi connectivity index (χ1n) is 8.21. The molecule has 1 aliphatic heterocycles. The Morgan fingerprint density at radius 2 is 1.73 bits per heavy atom. The molecular weight excluding hydrogens is 622 g/mol. The van der Waals surface area contributed by atoms with Gasteiger partial charge in [0, 0.05) is 0 Å². The Hall–Kier alpha value is 3.09. The Bertz CT molecular complexity index is 1200. The number of aromatic nitrogens is 4. The molecule has 1 aliphatic rings. The minimum Gasteiger partial charge on any atom is -0.790 e. The number of aliphatic hydroxyl groups is 2. The van der Waals surface area contributed by atoms with Gasteiger partial charge in [-0.3, -0.25) is 17.8 Å². The molecule has 0 radical (unpaired) electrons. The first-order valence-corrected chi connectivity index (χ1v) is 13.5. The molecule has 1 fully saturated rings. The standard InChI is InChI=1S/C11H20BN5O12P3S.4Na/c1-33-11-15-8(13)5-9(16-11)17(3-14-5)10-7(19)6(18)4(27-10)2-26-30(12,20)28-32(24,25)29-31(21,22)23;;;;/h3-4,6-7,10,18-19H,2H2,1,12H3,(H,24,25)(H2,13,15,16)(H2,21,22,23);;;;/q-1;4*+1/p-3/t4-,6-,7-,10-,30-;;;;/m1..../s1. The third-order valence-corrected chi connectivity index (χ3v) is 7.77. The largest absolute Gasteiger partial charge is 1.00 e. The molecule has 186 valence electrons. The predicted octanol–water partition coefficient (Wildman–Crippen LogP) is -15.4. The molecule has 3 rings (SSSR count). The second kappa shape index (κ2) is 16.8. The molecule has 0 saturated carbocycles. The zero-order chi connectivity index (χ0) is 24.8. The van der Waals surface area contributed by atoms with Gasteiger partial charge in [0.2, 0.25) is 0 Å². The number of rotatable bonds is 9. The Morgan fingerprint density at radius 3 is 2.27 bits per heavy atom. The van der Waals surface area contributed by atoms with Gasteiger partial charge in [-0.2, -0.15) is 0 Å². The van der Waals surface area contributed by atoms with E-state index >= 15 is 0 Å². The monoisotopic (exact) mass is 639 g/mol. The summed E-state index contributed by atoms with van der Waals surface area (Å²) in [4.78, 5) is 44.7. The van der Waals surface area contributed by atoms with Crippen LogP contribution in [0.2, 0.25) is 0 Å². The van der Waals surface area contributed by atoms with Gasteiger partial charge in [-0.1, -0.05) is 11.8 Å². The number of nitrogen functional groups attached to an aromatic ring is 1. The van der Waals surface area contributed by atoms with Crippen LogP contribution in [0.15, 0.2) is 11.5 Å². The van der Waals surface area contributed by atoms with Gasteiger partial charge in [0.25, 0.3) is 7.82 Å². The van der Waals surface area contributed by atoms with Crippen LogP contribution in [0.4, 0.5) is 5.82 Å². The van der Waals surface area contributed by atoms with Crippen molar-refractivity contribution < 1.29 is 175 Å². The van der Waals surface area contributed by atoms with Crippen molar-refractivity contribution in [2.45, 2.75) is 29.7 Å². The topological polar surface area (TPSA) is 267 Å². The van der Waals surface area contributed by atoms with E-state index in [1.54, 1.807) is 6.26 Å². The van der Waals surface area contributed by atoms with Crippen LogP contribution in [0.1, 0.15) is 6.23 Å². The number of imidazole rings is 1. The van der Waals surface area contributed by atoms with Crippen LogP contribution >= 0.6 is 34.9 Å². The van der Waals surface area contributed by atoms with Crippen molar-refractivity contribution in [2.75, 3.05) is 18.6 Å². The fourth-order valence-corrected chi connectivity index (χ4v) is 5.51. The summed E-state index contributed by atoms with van der Waals surface area (Å²) in [6.07, 6.45) is -2.68. The number of aliphatic hydroxyl groups excluding tert-OH is 2. The molecule has 1 unspecified atom stereocenters. The Labute approximate surface area is 304 Å². The smallest absolute Gasteiger partial charge is 0.790 e. The van der Waals surface area contributed by atoms with E-state index in [1.165, 1.54) is 22.7 Å². The van der Waals surface area contributed by atoms with Crippen molar-refractivity contribution in [3.05, 3.63) is 6.33 Å². The maximum atomic E-state index is 12.3. The number of phosphoric acid groups is 2. The van der Waals surface area contributed by atoms with E-state index in [2.05, 4.69) is 23.6 Å². The fourth-order valence-electron chi connectivity index (χ4n) is 2.67. The van der Waals surface area contributed by atoms with Gasteiger partial charge in [0.1, 0.15) is 23.8 Å². The molecule has 2 aromatic heterocycles. The second-order valence-electron chi connectivity index (χ2n) is 6.04. The van der Waals surface area contributed by atoms with Gasteiger partial charge in [-0.05, 0) is 6.26 Å². The average Bonchev–Trinajstić information content (AvgIpc) is 3.19. The van der Waals surface area contributed by atoms with E-state index in [-0.39, 0.29) is 135 Å². The molecule has 0 aromatic carbocycles. The molecule has 17 nitrogen and oxygen atoms in total. The number of ether oxygens (including phenoxy) is 1. The van der Waals surface area contributed by atoms with Crippen LogP contribution in [0.25, 0.3) is 11.2 Å². The van der Waals surface area contributed by atoms with Crippen LogP contribution in [0.5, 0.6) is 0 Å². The molecule has 2 aromatic rings. The molecule has 4 N–H and O–H groups in total. The molecular formula is C11H17BN5Na4O12P3S. The van der Waals surface area contributed by atoms with E-state index in [4.69, 9.17) is 15.0 Å². The minimum absolute atomic E-state index is 0. The van der Waals surface area contributed by atoms with E-state index in [0.717, 1.165) is 0 Å². The summed E-state index contributed by atoms with van der Waals surface area (Å²) >= 11 is 1.20. The number of fused-ring (bicyclic) bond motifs is 1. The molecule has 3 heterocycles. The molecule has 6 atom stereocenters. The molecule has 0 spiro atoms. The Kier molecular flexibility index (Phi) is 19.2. The fraction of sp³-hybridized carbons (Fsp3) is 0.545. The zero-order valence-electron chi connectivity index (χ0n) is 19.7. The number of anilines is 1. The average molecular weight is 639 g/mol. The maximum absolute atomic E-state index is 12.3. The summed E-state index contributed by atoms with van der Waals surface area (Å²) in [5, 5.41) is 21.1. The first kappa shape index (κ1) is 42.2.